The van der Waals surface area contributed by atoms with Gasteiger partial charge in [0.25, 0.3) is 5.91 Å². The molecule has 9 nitrogen and oxygen atoms in total. The minimum atomic E-state index is -0.353. The number of nitrogen functional groups attached to an aromatic ring is 1. The lowest BCUT2D eigenvalue weighted by Crippen LogP contribution is -2.41. The highest BCUT2D eigenvalue weighted by molar-refractivity contribution is 6.02. The van der Waals surface area contributed by atoms with Crippen LogP contribution >= 0.6 is 0 Å². The van der Waals surface area contributed by atoms with Gasteiger partial charge in [-0.1, -0.05) is 5.16 Å². The topological polar surface area (TPSA) is 114 Å². The van der Waals surface area contributed by atoms with E-state index in [-0.39, 0.29) is 30.5 Å². The zero-order chi connectivity index (χ0) is 21.5. The molecule has 160 valence electrons. The van der Waals surface area contributed by atoms with Crippen LogP contribution in [0.2, 0.25) is 0 Å². The highest BCUT2D eigenvalue weighted by Crippen LogP contribution is 2.31. The van der Waals surface area contributed by atoms with Crippen molar-refractivity contribution in [1.29, 1.82) is 0 Å². The minimum absolute atomic E-state index is 0.00101. The number of benzene rings is 2. The summed E-state index contributed by atoms with van der Waals surface area (Å²) in [4.78, 5) is 28.7. The minimum Gasteiger partial charge on any atom is -0.380 e. The number of carbonyl (C=O) groups is 2. The molecule has 2 amide bonds. The Morgan fingerprint density at radius 2 is 1.90 bits per heavy atom. The maximum Gasteiger partial charge on any atom is 0.253 e. The fourth-order valence-electron chi connectivity index (χ4n) is 4.27. The number of rotatable bonds is 4. The van der Waals surface area contributed by atoms with Crippen LogP contribution in [0.1, 0.15) is 13.3 Å². The molecule has 2 saturated heterocycles. The maximum atomic E-state index is 13.2. The molecule has 2 aliphatic rings. The first kappa shape index (κ1) is 19.4. The molecule has 0 saturated carbocycles. The van der Waals surface area contributed by atoms with Crippen molar-refractivity contribution in [3.05, 3.63) is 42.5 Å². The van der Waals surface area contributed by atoms with Crippen LogP contribution in [0.4, 0.5) is 22.9 Å². The number of amides is 2. The molecule has 2 aliphatic heterocycles. The molecule has 5 rings (SSSR count). The fourth-order valence-corrected chi connectivity index (χ4v) is 4.27. The lowest BCUT2D eigenvalue weighted by atomic mass is 10.1. The second-order valence-corrected chi connectivity index (χ2v) is 7.88. The molecule has 0 radical (unpaired) electrons. The first-order valence-electron chi connectivity index (χ1n) is 10.2. The third-order valence-corrected chi connectivity index (χ3v) is 5.82. The molecule has 1 aromatic heterocycles. The summed E-state index contributed by atoms with van der Waals surface area (Å²) in [6.07, 6.45) is 0.666. The largest absolute Gasteiger partial charge is 0.380 e. The predicted octanol–water partition coefficient (Wildman–Crippen LogP) is 2.38. The van der Waals surface area contributed by atoms with Gasteiger partial charge in [0.15, 0.2) is 11.4 Å². The molecule has 2 atom stereocenters. The summed E-state index contributed by atoms with van der Waals surface area (Å²) in [5.41, 5.74) is 8.85. The molecule has 2 fully saturated rings. The number of fused-ring (bicyclic) bond motifs is 1. The second-order valence-electron chi connectivity index (χ2n) is 7.88. The molecular formula is C22H23N5O4. The number of hydrogen-bond donors (Lipinski definition) is 2. The van der Waals surface area contributed by atoms with E-state index < -0.39 is 0 Å². The fraction of sp³-hybridized carbons (Fsp3) is 0.318. The molecule has 31 heavy (non-hydrogen) atoms. The van der Waals surface area contributed by atoms with Crippen molar-refractivity contribution in [2.75, 3.05) is 40.6 Å². The van der Waals surface area contributed by atoms with Gasteiger partial charge in [0.05, 0.1) is 12.0 Å². The summed E-state index contributed by atoms with van der Waals surface area (Å²) in [7, 11) is 0. The molecular weight excluding hydrogens is 398 g/mol. The van der Waals surface area contributed by atoms with Crippen molar-refractivity contribution in [3.8, 4) is 0 Å². The standard InChI is InChI=1S/C22H23N5O4/c1-13-10-18(24-14-2-7-19-17(11-14)21(23)25-31-19)22(29)27(13)16-5-3-15(4-6-16)26-8-9-30-12-20(26)28/h2-7,11,13,18,24H,8-10,12H2,1H3,(H2,23,25). The van der Waals surface area contributed by atoms with Crippen molar-refractivity contribution in [2.24, 2.45) is 0 Å². The quantitative estimate of drug-likeness (QED) is 0.665. The molecule has 0 bridgehead atoms. The Morgan fingerprint density at radius 1 is 1.13 bits per heavy atom. The summed E-state index contributed by atoms with van der Waals surface area (Å²) < 4.78 is 10.3. The van der Waals surface area contributed by atoms with Crippen LogP contribution in [-0.2, 0) is 14.3 Å². The first-order valence-corrected chi connectivity index (χ1v) is 10.2. The van der Waals surface area contributed by atoms with Gasteiger partial charge in [0.1, 0.15) is 12.6 Å². The number of nitrogens with two attached hydrogens (primary N) is 1. The number of carbonyl (C=O) groups excluding carboxylic acids is 2. The van der Waals surface area contributed by atoms with Crippen molar-refractivity contribution >= 4 is 45.7 Å². The summed E-state index contributed by atoms with van der Waals surface area (Å²) >= 11 is 0. The number of nitrogens with one attached hydrogen (secondary N) is 1. The van der Waals surface area contributed by atoms with E-state index in [0.29, 0.717) is 36.4 Å². The highest BCUT2D eigenvalue weighted by Gasteiger charge is 2.38. The van der Waals surface area contributed by atoms with E-state index in [1.165, 1.54) is 0 Å². The number of hydrogen-bond acceptors (Lipinski definition) is 7. The summed E-state index contributed by atoms with van der Waals surface area (Å²) in [6.45, 7) is 3.18. The van der Waals surface area contributed by atoms with E-state index in [9.17, 15) is 9.59 Å². The third kappa shape index (κ3) is 3.46. The molecule has 3 N–H and O–H groups in total. The van der Waals surface area contributed by atoms with Crippen LogP contribution in [-0.4, -0.2) is 48.8 Å². The van der Waals surface area contributed by atoms with Gasteiger partial charge < -0.3 is 30.1 Å². The van der Waals surface area contributed by atoms with Crippen molar-refractivity contribution in [1.82, 2.24) is 5.16 Å². The Hall–Kier alpha value is -3.59. The average Bonchev–Trinajstić information content (AvgIpc) is 3.27. The lowest BCUT2D eigenvalue weighted by molar-refractivity contribution is -0.125. The van der Waals surface area contributed by atoms with Gasteiger partial charge in [-0.2, -0.15) is 0 Å². The Morgan fingerprint density at radius 3 is 2.68 bits per heavy atom. The number of anilines is 4. The SMILES string of the molecule is CC1CC(Nc2ccc3onc(N)c3c2)C(=O)N1c1ccc(N2CCOCC2=O)cc1. The van der Waals surface area contributed by atoms with Crippen LogP contribution < -0.4 is 20.9 Å². The van der Waals surface area contributed by atoms with Gasteiger partial charge in [0.2, 0.25) is 5.91 Å². The van der Waals surface area contributed by atoms with Gasteiger partial charge in [-0.25, -0.2) is 0 Å². The van der Waals surface area contributed by atoms with Crippen molar-refractivity contribution in [2.45, 2.75) is 25.4 Å². The summed E-state index contributed by atoms with van der Waals surface area (Å²) in [5, 5.41) is 7.79. The molecule has 0 aliphatic carbocycles. The molecule has 3 heterocycles. The van der Waals surface area contributed by atoms with Gasteiger partial charge in [-0.05, 0) is 55.8 Å². The van der Waals surface area contributed by atoms with E-state index in [4.69, 9.17) is 15.0 Å². The van der Waals surface area contributed by atoms with Crippen molar-refractivity contribution in [3.63, 3.8) is 0 Å². The number of ether oxygens (including phenoxy) is 1. The second kappa shape index (κ2) is 7.59. The van der Waals surface area contributed by atoms with E-state index in [1.54, 1.807) is 15.9 Å². The Bertz CT molecular complexity index is 1140. The monoisotopic (exact) mass is 421 g/mol. The summed E-state index contributed by atoms with van der Waals surface area (Å²) in [5.74, 6) is 0.269. The normalized spacial score (nSPS) is 21.8. The zero-order valence-electron chi connectivity index (χ0n) is 17.1. The van der Waals surface area contributed by atoms with Crippen LogP contribution in [0, 0.1) is 0 Å². The van der Waals surface area contributed by atoms with Crippen LogP contribution in [0.25, 0.3) is 11.0 Å². The molecule has 9 heteroatoms. The smallest absolute Gasteiger partial charge is 0.253 e. The third-order valence-electron chi connectivity index (χ3n) is 5.82. The van der Waals surface area contributed by atoms with E-state index in [1.807, 2.05) is 43.3 Å². The Kier molecular flexibility index (Phi) is 4.74. The summed E-state index contributed by atoms with van der Waals surface area (Å²) in [6, 6.07) is 12.7. The van der Waals surface area contributed by atoms with Gasteiger partial charge in [-0.15, -0.1) is 0 Å². The first-order chi connectivity index (χ1) is 15.0. The van der Waals surface area contributed by atoms with Crippen LogP contribution in [0.3, 0.4) is 0 Å². The Labute approximate surface area is 178 Å². The van der Waals surface area contributed by atoms with Gasteiger partial charge in [0, 0.05) is 29.6 Å². The lowest BCUT2D eigenvalue weighted by Gasteiger charge is -2.28. The number of nitrogens with zero attached hydrogens (tertiary/aromatic N) is 3. The maximum absolute atomic E-state index is 13.2. The van der Waals surface area contributed by atoms with E-state index in [0.717, 1.165) is 17.1 Å². The number of aromatic nitrogens is 1. The van der Waals surface area contributed by atoms with Crippen LogP contribution in [0.5, 0.6) is 0 Å². The average molecular weight is 421 g/mol. The van der Waals surface area contributed by atoms with Crippen LogP contribution in [0.15, 0.2) is 47.0 Å². The number of morpholine rings is 1. The van der Waals surface area contributed by atoms with Gasteiger partial charge >= 0.3 is 0 Å². The molecule has 0 spiro atoms. The highest BCUT2D eigenvalue weighted by atomic mass is 16.5. The molecule has 2 aromatic carbocycles. The van der Waals surface area contributed by atoms with E-state index >= 15 is 0 Å². The van der Waals surface area contributed by atoms with Crippen molar-refractivity contribution < 1.29 is 18.8 Å². The predicted molar refractivity (Wildman–Crippen MR) is 117 cm³/mol. The van der Waals surface area contributed by atoms with Gasteiger partial charge in [-0.3, -0.25) is 9.59 Å². The molecule has 2 unspecified atom stereocenters. The Balaban J connectivity index is 1.33. The molecule has 3 aromatic rings. The van der Waals surface area contributed by atoms with E-state index in [2.05, 4.69) is 10.5 Å². The zero-order valence-corrected chi connectivity index (χ0v) is 17.1.